The first-order valence-corrected chi connectivity index (χ1v) is 5.43. The minimum atomic E-state index is -4.32. The van der Waals surface area contributed by atoms with Crippen LogP contribution in [0.2, 0.25) is 0 Å². The molecule has 112 valence electrons. The number of aromatic nitrogens is 2. The Morgan fingerprint density at radius 3 is 2.60 bits per heavy atom. The second kappa shape index (κ2) is 6.30. The van der Waals surface area contributed by atoms with Gasteiger partial charge in [0, 0.05) is 6.54 Å². The first kappa shape index (κ1) is 15.9. The summed E-state index contributed by atoms with van der Waals surface area (Å²) >= 11 is 0. The van der Waals surface area contributed by atoms with Crippen LogP contribution >= 0.6 is 0 Å². The third-order valence-corrected chi connectivity index (χ3v) is 2.11. The number of rotatable bonds is 7. The molecule has 0 saturated heterocycles. The summed E-state index contributed by atoms with van der Waals surface area (Å²) in [5.41, 5.74) is -0.684. The van der Waals surface area contributed by atoms with Gasteiger partial charge in [0.2, 0.25) is 11.8 Å². The topological polar surface area (TPSA) is 93.0 Å². The highest BCUT2D eigenvalue weighted by molar-refractivity contribution is 5.57. The Kier molecular flexibility index (Phi) is 5.00. The number of anilines is 2. The molecule has 0 radical (unpaired) electrons. The standard InChI is InChI=1S/C9H11F4N5O2/c1-2-14-8-15-3-5(18(19)20)6(17-8)16-4-9(12,13)7(10)11/h3,7H,2,4H2,1H3,(H2,14,15,16,17). The average Bonchev–Trinajstić information content (AvgIpc) is 2.36. The molecule has 1 rings (SSSR count). The van der Waals surface area contributed by atoms with Crippen LogP contribution in [0.15, 0.2) is 6.20 Å². The largest absolute Gasteiger partial charge is 0.358 e. The highest BCUT2D eigenvalue weighted by atomic mass is 19.3. The van der Waals surface area contributed by atoms with E-state index in [0.717, 1.165) is 6.20 Å². The summed E-state index contributed by atoms with van der Waals surface area (Å²) in [4.78, 5) is 17.0. The maximum Gasteiger partial charge on any atom is 0.329 e. The van der Waals surface area contributed by atoms with Gasteiger partial charge in [-0.15, -0.1) is 0 Å². The van der Waals surface area contributed by atoms with Gasteiger partial charge < -0.3 is 10.6 Å². The molecular weight excluding hydrogens is 286 g/mol. The summed E-state index contributed by atoms with van der Waals surface area (Å²) in [5, 5.41) is 15.1. The highest BCUT2D eigenvalue weighted by Gasteiger charge is 2.41. The molecule has 7 nitrogen and oxygen atoms in total. The van der Waals surface area contributed by atoms with Crippen LogP contribution in [0, 0.1) is 10.1 Å². The van der Waals surface area contributed by atoms with Gasteiger partial charge in [-0.05, 0) is 6.92 Å². The summed E-state index contributed by atoms with van der Waals surface area (Å²) in [6.07, 6.45) is -3.09. The molecular formula is C9H11F4N5O2. The molecule has 0 amide bonds. The fraction of sp³-hybridized carbons (Fsp3) is 0.556. The van der Waals surface area contributed by atoms with E-state index < -0.39 is 35.3 Å². The average molecular weight is 297 g/mol. The Morgan fingerprint density at radius 2 is 2.10 bits per heavy atom. The summed E-state index contributed by atoms with van der Waals surface area (Å²) in [5.74, 6) is -4.92. The normalized spacial score (nSPS) is 11.5. The summed E-state index contributed by atoms with van der Waals surface area (Å²) in [6.45, 7) is 0.612. The first-order chi connectivity index (χ1) is 9.27. The van der Waals surface area contributed by atoms with E-state index in [0.29, 0.717) is 6.54 Å². The molecule has 1 heterocycles. The van der Waals surface area contributed by atoms with E-state index >= 15 is 0 Å². The van der Waals surface area contributed by atoms with Crippen molar-refractivity contribution in [2.45, 2.75) is 19.3 Å². The molecule has 0 saturated carbocycles. The number of nitrogens with zero attached hydrogens (tertiary/aromatic N) is 3. The Balaban J connectivity index is 2.96. The van der Waals surface area contributed by atoms with Gasteiger partial charge in [0.1, 0.15) is 6.20 Å². The zero-order chi connectivity index (χ0) is 15.3. The van der Waals surface area contributed by atoms with Gasteiger partial charge in [0.15, 0.2) is 0 Å². The Morgan fingerprint density at radius 1 is 1.45 bits per heavy atom. The second-order valence-electron chi connectivity index (χ2n) is 3.63. The van der Waals surface area contributed by atoms with E-state index in [2.05, 4.69) is 15.3 Å². The van der Waals surface area contributed by atoms with Crippen molar-refractivity contribution in [3.05, 3.63) is 16.3 Å². The molecule has 20 heavy (non-hydrogen) atoms. The van der Waals surface area contributed by atoms with E-state index in [1.165, 1.54) is 0 Å². The maximum atomic E-state index is 12.8. The number of hydrogen-bond acceptors (Lipinski definition) is 6. The molecule has 2 N–H and O–H groups in total. The van der Waals surface area contributed by atoms with Crippen molar-refractivity contribution in [1.29, 1.82) is 0 Å². The predicted molar refractivity (Wildman–Crippen MR) is 62.3 cm³/mol. The summed E-state index contributed by atoms with van der Waals surface area (Å²) in [7, 11) is 0. The van der Waals surface area contributed by atoms with Crippen molar-refractivity contribution in [2.75, 3.05) is 23.7 Å². The lowest BCUT2D eigenvalue weighted by Crippen LogP contribution is -2.35. The van der Waals surface area contributed by atoms with Crippen molar-refractivity contribution in [3.63, 3.8) is 0 Å². The van der Waals surface area contributed by atoms with Gasteiger partial charge in [0.05, 0.1) is 11.5 Å². The van der Waals surface area contributed by atoms with Crippen LogP contribution < -0.4 is 10.6 Å². The second-order valence-corrected chi connectivity index (χ2v) is 3.63. The third-order valence-electron chi connectivity index (χ3n) is 2.11. The van der Waals surface area contributed by atoms with Crippen LogP contribution in [0.25, 0.3) is 0 Å². The van der Waals surface area contributed by atoms with Crippen molar-refractivity contribution in [1.82, 2.24) is 9.97 Å². The highest BCUT2D eigenvalue weighted by Crippen LogP contribution is 2.26. The van der Waals surface area contributed by atoms with Crippen LogP contribution in [0.5, 0.6) is 0 Å². The Bertz CT molecular complexity index is 485. The lowest BCUT2D eigenvalue weighted by Gasteiger charge is -2.16. The lowest BCUT2D eigenvalue weighted by atomic mass is 10.3. The Labute approximate surface area is 110 Å². The molecule has 0 spiro atoms. The number of hydrogen-bond donors (Lipinski definition) is 2. The minimum absolute atomic E-state index is 0.0408. The SMILES string of the molecule is CCNc1ncc([N+](=O)[O-])c(NCC(F)(F)C(F)F)n1. The minimum Gasteiger partial charge on any atom is -0.358 e. The van der Waals surface area contributed by atoms with Gasteiger partial charge in [-0.2, -0.15) is 13.8 Å². The van der Waals surface area contributed by atoms with E-state index in [1.807, 2.05) is 5.32 Å². The van der Waals surface area contributed by atoms with Crippen LogP contribution in [0.3, 0.4) is 0 Å². The zero-order valence-electron chi connectivity index (χ0n) is 10.2. The number of nitro groups is 1. The van der Waals surface area contributed by atoms with Crippen LogP contribution in [-0.2, 0) is 0 Å². The number of nitrogens with one attached hydrogen (secondary N) is 2. The Hall–Kier alpha value is -2.20. The van der Waals surface area contributed by atoms with E-state index in [-0.39, 0.29) is 5.95 Å². The van der Waals surface area contributed by atoms with Gasteiger partial charge in [0.25, 0.3) is 0 Å². The quantitative estimate of drug-likeness (QED) is 0.455. The van der Waals surface area contributed by atoms with Crippen molar-refractivity contribution >= 4 is 17.5 Å². The van der Waals surface area contributed by atoms with E-state index in [1.54, 1.807) is 6.92 Å². The molecule has 0 bridgehead atoms. The maximum absolute atomic E-state index is 12.8. The number of alkyl halides is 4. The zero-order valence-corrected chi connectivity index (χ0v) is 10.2. The fourth-order valence-corrected chi connectivity index (χ4v) is 1.16. The van der Waals surface area contributed by atoms with Gasteiger partial charge >= 0.3 is 18.0 Å². The van der Waals surface area contributed by atoms with Crippen LogP contribution in [0.4, 0.5) is 35.0 Å². The lowest BCUT2D eigenvalue weighted by molar-refractivity contribution is -0.384. The van der Waals surface area contributed by atoms with Gasteiger partial charge in [-0.1, -0.05) is 0 Å². The van der Waals surface area contributed by atoms with Crippen molar-refractivity contribution in [3.8, 4) is 0 Å². The monoisotopic (exact) mass is 297 g/mol. The molecule has 1 aromatic heterocycles. The van der Waals surface area contributed by atoms with Crippen LogP contribution in [0.1, 0.15) is 6.92 Å². The van der Waals surface area contributed by atoms with E-state index in [9.17, 15) is 27.7 Å². The molecule has 0 aliphatic carbocycles. The molecule has 11 heteroatoms. The predicted octanol–water partition coefficient (Wildman–Crippen LogP) is 2.13. The molecule has 0 fully saturated rings. The molecule has 0 aromatic carbocycles. The third kappa shape index (κ3) is 3.90. The molecule has 0 atom stereocenters. The molecule has 1 aromatic rings. The molecule has 0 aliphatic heterocycles. The molecule has 0 aliphatic rings. The smallest absolute Gasteiger partial charge is 0.329 e. The van der Waals surface area contributed by atoms with Gasteiger partial charge in [-0.25, -0.2) is 13.8 Å². The first-order valence-electron chi connectivity index (χ1n) is 5.43. The van der Waals surface area contributed by atoms with Gasteiger partial charge in [-0.3, -0.25) is 10.1 Å². The van der Waals surface area contributed by atoms with Crippen molar-refractivity contribution in [2.24, 2.45) is 0 Å². The molecule has 0 unspecified atom stereocenters. The fourth-order valence-electron chi connectivity index (χ4n) is 1.16. The van der Waals surface area contributed by atoms with E-state index in [4.69, 9.17) is 0 Å². The summed E-state index contributed by atoms with van der Waals surface area (Å²) in [6, 6.07) is 0. The van der Waals surface area contributed by atoms with Crippen molar-refractivity contribution < 1.29 is 22.5 Å². The summed E-state index contributed by atoms with van der Waals surface area (Å²) < 4.78 is 49.6. The number of halogens is 4. The van der Waals surface area contributed by atoms with Crippen LogP contribution in [-0.4, -0.2) is 40.3 Å².